The van der Waals surface area contributed by atoms with Crippen LogP contribution in [0, 0.1) is 0 Å². The summed E-state index contributed by atoms with van der Waals surface area (Å²) in [5.41, 5.74) is 0.934. The summed E-state index contributed by atoms with van der Waals surface area (Å²) in [6.45, 7) is 7.19. The molecule has 6 heteroatoms. The molecule has 0 saturated heterocycles. The lowest BCUT2D eigenvalue weighted by Crippen LogP contribution is -2.53. The van der Waals surface area contributed by atoms with E-state index in [9.17, 15) is 14.4 Å². The molecule has 0 fully saturated rings. The van der Waals surface area contributed by atoms with Crippen molar-refractivity contribution in [1.82, 2.24) is 0 Å². The second-order valence-corrected chi connectivity index (χ2v) is 5.60. The molecular weight excluding hydrogens is 310 g/mol. The summed E-state index contributed by atoms with van der Waals surface area (Å²) in [6.07, 6.45) is 0.0654. The zero-order chi connectivity index (χ0) is 17.9. The molecule has 1 aromatic carbocycles. The summed E-state index contributed by atoms with van der Waals surface area (Å²) in [7, 11) is 0. The van der Waals surface area contributed by atoms with E-state index in [4.69, 9.17) is 9.47 Å². The van der Waals surface area contributed by atoms with Gasteiger partial charge >= 0.3 is 5.97 Å². The van der Waals surface area contributed by atoms with Crippen LogP contribution in [0.15, 0.2) is 18.2 Å². The lowest BCUT2D eigenvalue weighted by molar-refractivity contribution is -0.146. The van der Waals surface area contributed by atoms with E-state index >= 15 is 0 Å². The van der Waals surface area contributed by atoms with E-state index < -0.39 is 18.1 Å². The number of anilines is 1. The first kappa shape index (κ1) is 18.0. The number of amides is 1. The largest absolute Gasteiger partial charge is 0.479 e. The maximum atomic E-state index is 12.7. The van der Waals surface area contributed by atoms with Gasteiger partial charge in [-0.05, 0) is 38.5 Å². The number of carbonyl (C=O) groups is 3. The van der Waals surface area contributed by atoms with Gasteiger partial charge in [0.15, 0.2) is 11.9 Å². The van der Waals surface area contributed by atoms with Crippen LogP contribution in [0.4, 0.5) is 5.69 Å². The summed E-state index contributed by atoms with van der Waals surface area (Å²) in [4.78, 5) is 38.3. The van der Waals surface area contributed by atoms with Gasteiger partial charge in [-0.1, -0.05) is 13.8 Å². The van der Waals surface area contributed by atoms with E-state index in [0.717, 1.165) is 0 Å². The third kappa shape index (κ3) is 3.27. The van der Waals surface area contributed by atoms with Crippen LogP contribution in [0.1, 0.15) is 50.9 Å². The first-order valence-corrected chi connectivity index (χ1v) is 8.28. The van der Waals surface area contributed by atoms with E-state index in [-0.39, 0.29) is 18.3 Å². The average Bonchev–Trinajstić information content (AvgIpc) is 2.58. The highest BCUT2D eigenvalue weighted by Gasteiger charge is 2.39. The van der Waals surface area contributed by atoms with Crippen molar-refractivity contribution in [3.05, 3.63) is 23.8 Å². The summed E-state index contributed by atoms with van der Waals surface area (Å²) in [5, 5.41) is 0. The van der Waals surface area contributed by atoms with E-state index in [0.29, 0.717) is 29.8 Å². The lowest BCUT2D eigenvalue weighted by atomic mass is 10.0. The van der Waals surface area contributed by atoms with Gasteiger partial charge in [-0.3, -0.25) is 14.5 Å². The van der Waals surface area contributed by atoms with E-state index in [1.54, 1.807) is 39.0 Å². The van der Waals surface area contributed by atoms with Crippen LogP contribution in [-0.2, 0) is 14.3 Å². The number of hydrogen-bond donors (Lipinski definition) is 0. The highest BCUT2D eigenvalue weighted by atomic mass is 16.5. The zero-order valence-corrected chi connectivity index (χ0v) is 14.5. The molecule has 1 aromatic rings. The molecule has 1 aliphatic rings. The van der Waals surface area contributed by atoms with Crippen molar-refractivity contribution in [3.8, 4) is 5.75 Å². The van der Waals surface area contributed by atoms with Crippen LogP contribution in [-0.4, -0.2) is 36.4 Å². The zero-order valence-electron chi connectivity index (χ0n) is 14.5. The van der Waals surface area contributed by atoms with E-state index in [1.807, 2.05) is 6.92 Å². The minimum absolute atomic E-state index is 0.0343. The first-order valence-electron chi connectivity index (χ1n) is 8.28. The molecule has 0 N–H and O–H groups in total. The van der Waals surface area contributed by atoms with Crippen molar-refractivity contribution in [3.63, 3.8) is 0 Å². The van der Waals surface area contributed by atoms with E-state index in [2.05, 4.69) is 0 Å². The van der Waals surface area contributed by atoms with Gasteiger partial charge in [-0.25, -0.2) is 4.79 Å². The Kier molecular flexibility index (Phi) is 5.59. The van der Waals surface area contributed by atoms with Crippen molar-refractivity contribution in [2.24, 2.45) is 0 Å². The molecule has 24 heavy (non-hydrogen) atoms. The van der Waals surface area contributed by atoms with Crippen molar-refractivity contribution in [2.75, 3.05) is 11.5 Å². The Morgan fingerprint density at radius 1 is 1.29 bits per heavy atom. The number of nitrogens with zero attached hydrogens (tertiary/aromatic N) is 1. The van der Waals surface area contributed by atoms with Crippen LogP contribution < -0.4 is 9.64 Å². The molecule has 0 saturated carbocycles. The van der Waals surface area contributed by atoms with Gasteiger partial charge in [-0.2, -0.15) is 0 Å². The third-order valence-corrected chi connectivity index (χ3v) is 4.01. The molecule has 1 heterocycles. The number of esters is 1. The van der Waals surface area contributed by atoms with Gasteiger partial charge in [0.1, 0.15) is 11.8 Å². The van der Waals surface area contributed by atoms with Crippen molar-refractivity contribution >= 4 is 23.3 Å². The second kappa shape index (κ2) is 7.47. The number of carbonyl (C=O) groups excluding carboxylic acids is 3. The van der Waals surface area contributed by atoms with Crippen molar-refractivity contribution < 1.29 is 23.9 Å². The number of hydrogen-bond acceptors (Lipinski definition) is 5. The molecule has 2 rings (SSSR count). The number of Topliss-reactive ketones (excluding diaryl/α,β-unsaturated/α-hetero) is 1. The van der Waals surface area contributed by atoms with Gasteiger partial charge < -0.3 is 9.47 Å². The molecule has 0 aliphatic carbocycles. The molecule has 0 spiro atoms. The fourth-order valence-electron chi connectivity index (χ4n) is 2.75. The summed E-state index contributed by atoms with van der Waals surface area (Å²) in [5.74, 6) is -0.324. The molecule has 1 aliphatic heterocycles. The number of rotatable bonds is 6. The number of ether oxygens (including phenoxy) is 2. The maximum absolute atomic E-state index is 12.7. The fourth-order valence-corrected chi connectivity index (χ4v) is 2.75. The van der Waals surface area contributed by atoms with Gasteiger partial charge in [0, 0.05) is 12.0 Å². The number of fused-ring (bicyclic) bond motifs is 1. The van der Waals surface area contributed by atoms with Crippen LogP contribution >= 0.6 is 0 Å². The molecule has 0 bridgehead atoms. The molecule has 0 aromatic heterocycles. The van der Waals surface area contributed by atoms with Crippen LogP contribution in [0.3, 0.4) is 0 Å². The Balaban J connectivity index is 2.52. The Bertz CT molecular complexity index is 655. The summed E-state index contributed by atoms with van der Waals surface area (Å²) >= 11 is 0. The van der Waals surface area contributed by atoms with Gasteiger partial charge in [-0.15, -0.1) is 0 Å². The van der Waals surface area contributed by atoms with Crippen molar-refractivity contribution in [2.45, 2.75) is 52.7 Å². The van der Waals surface area contributed by atoms with Gasteiger partial charge in [0.2, 0.25) is 0 Å². The van der Waals surface area contributed by atoms with Gasteiger partial charge in [0.25, 0.3) is 5.91 Å². The Hall–Kier alpha value is -2.37. The summed E-state index contributed by atoms with van der Waals surface area (Å²) < 4.78 is 10.7. The molecule has 130 valence electrons. The quantitative estimate of drug-likeness (QED) is 0.591. The van der Waals surface area contributed by atoms with Crippen LogP contribution in [0.2, 0.25) is 0 Å². The SMILES string of the molecule is CCOC(=O)C(CC)N1C(=O)C(C)Oc2ccc(C(=O)CC)cc21. The monoisotopic (exact) mass is 333 g/mol. The predicted molar refractivity (Wildman–Crippen MR) is 89.4 cm³/mol. The number of ketones is 1. The molecule has 6 nitrogen and oxygen atoms in total. The smallest absolute Gasteiger partial charge is 0.329 e. The first-order chi connectivity index (χ1) is 11.4. The molecule has 2 unspecified atom stereocenters. The number of benzene rings is 1. The summed E-state index contributed by atoms with van der Waals surface area (Å²) in [6, 6.07) is 4.23. The molecule has 2 atom stereocenters. The van der Waals surface area contributed by atoms with Crippen LogP contribution in [0.5, 0.6) is 5.75 Å². The topological polar surface area (TPSA) is 72.9 Å². The maximum Gasteiger partial charge on any atom is 0.329 e. The van der Waals surface area contributed by atoms with Crippen molar-refractivity contribution in [1.29, 1.82) is 0 Å². The van der Waals surface area contributed by atoms with Gasteiger partial charge in [0.05, 0.1) is 12.3 Å². The van der Waals surface area contributed by atoms with E-state index in [1.165, 1.54) is 4.90 Å². The molecule has 1 amide bonds. The Morgan fingerprint density at radius 2 is 2.00 bits per heavy atom. The molecule has 0 radical (unpaired) electrons. The molecular formula is C18H23NO5. The highest BCUT2D eigenvalue weighted by molar-refractivity contribution is 6.06. The minimum Gasteiger partial charge on any atom is -0.479 e. The van der Waals surface area contributed by atoms with Crippen LogP contribution in [0.25, 0.3) is 0 Å². The minimum atomic E-state index is -0.741. The third-order valence-electron chi connectivity index (χ3n) is 4.01. The standard InChI is InChI=1S/C18H23NO5/c1-5-13(18(22)23-7-3)19-14-10-12(15(20)6-2)8-9-16(14)24-11(4)17(19)21/h8-11,13H,5-7H2,1-4H3. The highest BCUT2D eigenvalue weighted by Crippen LogP contribution is 2.37. The Morgan fingerprint density at radius 3 is 2.58 bits per heavy atom. The lowest BCUT2D eigenvalue weighted by Gasteiger charge is -2.37. The second-order valence-electron chi connectivity index (χ2n) is 5.60. The fraction of sp³-hybridized carbons (Fsp3) is 0.500. The average molecular weight is 333 g/mol. The normalized spacial score (nSPS) is 17.8. The predicted octanol–water partition coefficient (Wildman–Crippen LogP) is 2.73. The Labute approximate surface area is 141 Å².